The van der Waals surface area contributed by atoms with E-state index in [1.165, 1.54) is 5.56 Å². The van der Waals surface area contributed by atoms with Crippen molar-refractivity contribution in [1.29, 1.82) is 0 Å². The summed E-state index contributed by atoms with van der Waals surface area (Å²) in [6.07, 6.45) is 0.806. The minimum atomic E-state index is -0.162. The Bertz CT molecular complexity index is 550. The first-order chi connectivity index (χ1) is 10.7. The molecule has 1 atom stereocenters. The molecule has 128 valence electrons. The molecular weight excluding hydrogens is 316 g/mol. The van der Waals surface area contributed by atoms with Gasteiger partial charge >= 0.3 is 0 Å². The molecule has 0 bridgehead atoms. The monoisotopic (exact) mass is 340 g/mol. The number of ether oxygens (including phenoxy) is 1. The zero-order valence-electron chi connectivity index (χ0n) is 13.6. The summed E-state index contributed by atoms with van der Waals surface area (Å²) in [6.45, 7) is 4.79. The van der Waals surface area contributed by atoms with Gasteiger partial charge in [-0.2, -0.15) is 4.98 Å². The summed E-state index contributed by atoms with van der Waals surface area (Å²) >= 11 is 0. The fourth-order valence-electron chi connectivity index (χ4n) is 2.18. The number of aromatic nitrogens is 2. The van der Waals surface area contributed by atoms with Gasteiger partial charge in [-0.15, -0.1) is 12.4 Å². The molecule has 0 spiro atoms. The maximum Gasteiger partial charge on any atom is 0.240 e. The highest BCUT2D eigenvalue weighted by Crippen LogP contribution is 2.13. The number of methoxy groups -OCH3 is 1. The number of nitrogens with zero attached hydrogens (tertiary/aromatic N) is 3. The molecule has 2 rings (SSSR count). The van der Waals surface area contributed by atoms with Gasteiger partial charge in [-0.25, -0.2) is 0 Å². The number of halogens is 1. The zero-order valence-corrected chi connectivity index (χ0v) is 14.5. The van der Waals surface area contributed by atoms with Crippen LogP contribution < -0.4 is 5.73 Å². The summed E-state index contributed by atoms with van der Waals surface area (Å²) in [5, 5.41) is 3.95. The summed E-state index contributed by atoms with van der Waals surface area (Å²) in [4.78, 5) is 6.60. The topological polar surface area (TPSA) is 77.4 Å². The Labute approximate surface area is 143 Å². The number of rotatable bonds is 9. The fraction of sp³-hybridized carbons (Fsp3) is 0.500. The quantitative estimate of drug-likeness (QED) is 0.754. The summed E-state index contributed by atoms with van der Waals surface area (Å²) in [5.41, 5.74) is 7.01. The van der Waals surface area contributed by atoms with Crippen LogP contribution in [0, 0.1) is 0 Å². The second-order valence-electron chi connectivity index (χ2n) is 5.22. The van der Waals surface area contributed by atoms with Crippen LogP contribution in [0.25, 0.3) is 0 Å². The van der Waals surface area contributed by atoms with Crippen LogP contribution in [0.3, 0.4) is 0 Å². The highest BCUT2D eigenvalue weighted by atomic mass is 35.5. The average molecular weight is 341 g/mol. The third kappa shape index (κ3) is 6.27. The maximum absolute atomic E-state index is 5.70. The lowest BCUT2D eigenvalue weighted by Gasteiger charge is -2.19. The van der Waals surface area contributed by atoms with Crippen LogP contribution in [-0.2, 0) is 17.7 Å². The number of nitrogens with two attached hydrogens (primary N) is 1. The van der Waals surface area contributed by atoms with E-state index in [9.17, 15) is 0 Å². The van der Waals surface area contributed by atoms with Crippen molar-refractivity contribution >= 4 is 12.4 Å². The van der Waals surface area contributed by atoms with E-state index >= 15 is 0 Å². The number of hydrogen-bond donors (Lipinski definition) is 1. The lowest BCUT2D eigenvalue weighted by molar-refractivity contribution is 0.109. The predicted octanol–water partition coefficient (Wildman–Crippen LogP) is 2.20. The fourth-order valence-corrected chi connectivity index (χ4v) is 2.18. The van der Waals surface area contributed by atoms with E-state index in [0.717, 1.165) is 19.5 Å². The van der Waals surface area contributed by atoms with E-state index in [4.69, 9.17) is 15.0 Å². The van der Waals surface area contributed by atoms with Crippen molar-refractivity contribution in [2.75, 3.05) is 26.7 Å². The molecule has 1 heterocycles. The van der Waals surface area contributed by atoms with Crippen molar-refractivity contribution in [2.24, 2.45) is 5.73 Å². The van der Waals surface area contributed by atoms with Gasteiger partial charge in [-0.3, -0.25) is 4.90 Å². The lowest BCUT2D eigenvalue weighted by Crippen LogP contribution is -2.31. The van der Waals surface area contributed by atoms with Crippen LogP contribution in [-0.4, -0.2) is 41.8 Å². The molecule has 1 aromatic heterocycles. The molecule has 0 saturated heterocycles. The van der Waals surface area contributed by atoms with Crippen LogP contribution in [0.5, 0.6) is 0 Å². The van der Waals surface area contributed by atoms with Crippen LogP contribution in [0.4, 0.5) is 0 Å². The molecule has 0 saturated carbocycles. The smallest absolute Gasteiger partial charge is 0.240 e. The van der Waals surface area contributed by atoms with Gasteiger partial charge < -0.3 is 15.0 Å². The van der Waals surface area contributed by atoms with E-state index in [2.05, 4.69) is 39.3 Å². The Kier molecular flexibility index (Phi) is 8.79. The molecule has 0 fully saturated rings. The molecule has 2 N–H and O–H groups in total. The van der Waals surface area contributed by atoms with E-state index in [1.807, 2.05) is 13.0 Å². The number of hydrogen-bond acceptors (Lipinski definition) is 6. The molecule has 0 aliphatic heterocycles. The van der Waals surface area contributed by atoms with Gasteiger partial charge in [0, 0.05) is 26.7 Å². The Morgan fingerprint density at radius 1 is 1.26 bits per heavy atom. The van der Waals surface area contributed by atoms with Gasteiger partial charge in [-0.05, 0) is 18.9 Å². The minimum absolute atomic E-state index is 0. The summed E-state index contributed by atoms with van der Waals surface area (Å²) in [6, 6.07) is 10.4. The lowest BCUT2D eigenvalue weighted by atomic mass is 10.1. The molecule has 2 aromatic rings. The normalized spacial score (nSPS) is 12.2. The molecule has 6 nitrogen and oxygen atoms in total. The molecule has 0 aliphatic rings. The van der Waals surface area contributed by atoms with Gasteiger partial charge in [-0.1, -0.05) is 35.5 Å². The van der Waals surface area contributed by atoms with E-state index in [0.29, 0.717) is 24.8 Å². The van der Waals surface area contributed by atoms with E-state index in [-0.39, 0.29) is 18.5 Å². The predicted molar refractivity (Wildman–Crippen MR) is 91.4 cm³/mol. The molecule has 0 amide bonds. The van der Waals surface area contributed by atoms with Crippen LogP contribution >= 0.6 is 12.4 Å². The van der Waals surface area contributed by atoms with Crippen molar-refractivity contribution in [3.63, 3.8) is 0 Å². The minimum Gasteiger partial charge on any atom is -0.374 e. The molecule has 1 aromatic carbocycles. The maximum atomic E-state index is 5.70. The van der Waals surface area contributed by atoms with Crippen LogP contribution in [0.1, 0.15) is 30.3 Å². The molecule has 1 unspecified atom stereocenters. The van der Waals surface area contributed by atoms with Gasteiger partial charge in [0.25, 0.3) is 0 Å². The Balaban J connectivity index is 0.00000264. The number of benzene rings is 1. The molecule has 0 radical (unpaired) electrons. The van der Waals surface area contributed by atoms with Crippen molar-refractivity contribution < 1.29 is 9.26 Å². The van der Waals surface area contributed by atoms with Crippen molar-refractivity contribution in [1.82, 2.24) is 15.0 Å². The third-order valence-electron chi connectivity index (χ3n) is 3.56. The van der Waals surface area contributed by atoms with Crippen molar-refractivity contribution in [2.45, 2.75) is 26.0 Å². The molecular formula is C16H25ClN4O2. The van der Waals surface area contributed by atoms with Gasteiger partial charge in [0.15, 0.2) is 5.82 Å². The zero-order chi connectivity index (χ0) is 15.8. The Morgan fingerprint density at radius 2 is 2.00 bits per heavy atom. The second-order valence-corrected chi connectivity index (χ2v) is 5.22. The standard InChI is InChI=1S/C16H24N4O2.ClH/c1-13(21-2)16-18-15(22-19-16)12-20(11-9-17)10-8-14-6-4-3-5-7-14;/h3-7,13H,8-12,17H2,1-2H3;1H. The van der Waals surface area contributed by atoms with Gasteiger partial charge in [0.05, 0.1) is 6.54 Å². The molecule has 0 aliphatic carbocycles. The first-order valence-corrected chi connectivity index (χ1v) is 7.54. The van der Waals surface area contributed by atoms with E-state index < -0.39 is 0 Å². The highest BCUT2D eigenvalue weighted by molar-refractivity contribution is 5.85. The Hall–Kier alpha value is -1.47. The summed E-state index contributed by atoms with van der Waals surface area (Å²) in [5.74, 6) is 1.17. The first-order valence-electron chi connectivity index (χ1n) is 7.54. The van der Waals surface area contributed by atoms with Gasteiger partial charge in [0.2, 0.25) is 5.89 Å². The summed E-state index contributed by atoms with van der Waals surface area (Å²) < 4.78 is 10.5. The third-order valence-corrected chi connectivity index (χ3v) is 3.56. The average Bonchev–Trinajstić information content (AvgIpc) is 3.01. The first kappa shape index (κ1) is 19.6. The molecule has 7 heteroatoms. The second kappa shape index (κ2) is 10.3. The largest absolute Gasteiger partial charge is 0.374 e. The SMILES string of the molecule is COC(C)c1noc(CN(CCN)CCc2ccccc2)n1.Cl. The van der Waals surface area contributed by atoms with Crippen LogP contribution in [0.15, 0.2) is 34.9 Å². The summed E-state index contributed by atoms with van der Waals surface area (Å²) in [7, 11) is 1.63. The van der Waals surface area contributed by atoms with E-state index in [1.54, 1.807) is 7.11 Å². The van der Waals surface area contributed by atoms with Crippen molar-refractivity contribution in [3.8, 4) is 0 Å². The van der Waals surface area contributed by atoms with Crippen molar-refractivity contribution in [3.05, 3.63) is 47.6 Å². The van der Waals surface area contributed by atoms with Gasteiger partial charge in [0.1, 0.15) is 6.10 Å². The highest BCUT2D eigenvalue weighted by Gasteiger charge is 2.15. The Morgan fingerprint density at radius 3 is 2.65 bits per heavy atom. The van der Waals surface area contributed by atoms with Crippen LogP contribution in [0.2, 0.25) is 0 Å². The molecule has 23 heavy (non-hydrogen) atoms.